The molecule has 7 rings (SSSR count). The fourth-order valence-electron chi connectivity index (χ4n) is 6.14. The van der Waals surface area contributed by atoms with E-state index in [1.807, 2.05) is 0 Å². The Morgan fingerprint density at radius 1 is 1.09 bits per heavy atom. The van der Waals surface area contributed by atoms with Crippen LogP contribution in [0.5, 0.6) is 0 Å². The number of nitrogens with one attached hydrogen (secondary N) is 2. The molecule has 1 amide bonds. The predicted molar refractivity (Wildman–Crippen MR) is 140 cm³/mol. The molecule has 2 aromatic carbocycles. The maximum absolute atomic E-state index is 15.1. The molecular formula is C29H21F6N7O. The summed E-state index contributed by atoms with van der Waals surface area (Å²) in [4.78, 5) is 29.3. The maximum Gasteiger partial charge on any atom is 0.293 e. The van der Waals surface area contributed by atoms with Gasteiger partial charge in [0.1, 0.15) is 35.9 Å². The van der Waals surface area contributed by atoms with Crippen LogP contribution in [0.4, 0.5) is 26.3 Å². The van der Waals surface area contributed by atoms with Crippen LogP contribution >= 0.6 is 0 Å². The molecule has 3 atom stereocenters. The van der Waals surface area contributed by atoms with Crippen molar-refractivity contribution in [3.05, 3.63) is 95.1 Å². The summed E-state index contributed by atoms with van der Waals surface area (Å²) >= 11 is 0. The van der Waals surface area contributed by atoms with Crippen LogP contribution in [-0.4, -0.2) is 35.6 Å². The van der Waals surface area contributed by atoms with Crippen LogP contribution in [0.1, 0.15) is 53.0 Å². The van der Waals surface area contributed by atoms with Crippen LogP contribution in [0, 0.1) is 17.6 Å². The number of aromatic amines is 1. The van der Waals surface area contributed by atoms with Gasteiger partial charge in [0.05, 0.1) is 29.1 Å². The Morgan fingerprint density at radius 2 is 1.88 bits per heavy atom. The zero-order valence-electron chi connectivity index (χ0n) is 22.0. The molecule has 2 aliphatic rings. The minimum atomic E-state index is -3.40. The van der Waals surface area contributed by atoms with Gasteiger partial charge in [-0.1, -0.05) is 12.1 Å². The van der Waals surface area contributed by atoms with Gasteiger partial charge in [-0.15, -0.1) is 0 Å². The molecule has 0 saturated heterocycles. The largest absolute Gasteiger partial charge is 0.346 e. The van der Waals surface area contributed by atoms with E-state index in [4.69, 9.17) is 0 Å². The summed E-state index contributed by atoms with van der Waals surface area (Å²) in [5, 5.41) is 6.42. The van der Waals surface area contributed by atoms with Crippen molar-refractivity contribution in [2.45, 2.75) is 43.7 Å². The number of fused-ring (bicyclic) bond motifs is 4. The maximum atomic E-state index is 15.1. The second kappa shape index (κ2) is 9.92. The van der Waals surface area contributed by atoms with Gasteiger partial charge in [-0.25, -0.2) is 32.5 Å². The number of imidazole rings is 1. The highest BCUT2D eigenvalue weighted by Gasteiger charge is 2.67. The lowest BCUT2D eigenvalue weighted by molar-refractivity contribution is -0.123. The Balaban J connectivity index is 1.26. The molecule has 1 saturated carbocycles. The number of para-hydroxylation sites is 1. The third kappa shape index (κ3) is 4.61. The first-order valence-electron chi connectivity index (χ1n) is 13.4. The zero-order chi connectivity index (χ0) is 30.0. The summed E-state index contributed by atoms with van der Waals surface area (Å²) in [6, 6.07) is 7.19. The lowest BCUT2D eigenvalue weighted by atomic mass is 9.95. The van der Waals surface area contributed by atoms with E-state index in [0.29, 0.717) is 32.9 Å². The summed E-state index contributed by atoms with van der Waals surface area (Å²) in [7, 11) is 0. The number of hydrogen-bond donors (Lipinski definition) is 2. The van der Waals surface area contributed by atoms with Crippen LogP contribution in [0.15, 0.2) is 55.2 Å². The molecule has 2 unspecified atom stereocenters. The van der Waals surface area contributed by atoms with E-state index in [9.17, 15) is 22.4 Å². The number of carbonyl (C=O) groups excluding carboxylic acids is 1. The van der Waals surface area contributed by atoms with Crippen molar-refractivity contribution in [1.82, 2.24) is 35.0 Å². The van der Waals surface area contributed by atoms with Gasteiger partial charge in [0, 0.05) is 34.9 Å². The van der Waals surface area contributed by atoms with E-state index in [2.05, 4.69) is 30.4 Å². The van der Waals surface area contributed by atoms with Gasteiger partial charge >= 0.3 is 0 Å². The zero-order valence-corrected chi connectivity index (χ0v) is 22.0. The second-order valence-electron chi connectivity index (χ2n) is 10.7. The van der Waals surface area contributed by atoms with E-state index < -0.39 is 65.7 Å². The number of rotatable bonds is 8. The molecule has 14 heteroatoms. The third-order valence-electron chi connectivity index (χ3n) is 7.97. The van der Waals surface area contributed by atoms with Crippen molar-refractivity contribution in [3.63, 3.8) is 0 Å². The number of benzene rings is 2. The number of halogens is 6. The molecule has 5 aromatic rings. The van der Waals surface area contributed by atoms with Crippen LogP contribution in [0.2, 0.25) is 0 Å². The molecule has 1 fully saturated rings. The first kappa shape index (κ1) is 27.1. The minimum absolute atomic E-state index is 0.0864. The van der Waals surface area contributed by atoms with Crippen molar-refractivity contribution in [1.29, 1.82) is 0 Å². The Hall–Kier alpha value is -4.75. The van der Waals surface area contributed by atoms with E-state index >= 15 is 8.78 Å². The Morgan fingerprint density at radius 3 is 2.65 bits per heavy atom. The molecule has 3 aromatic heterocycles. The average molecular weight is 598 g/mol. The van der Waals surface area contributed by atoms with Gasteiger partial charge in [-0.3, -0.25) is 9.48 Å². The second-order valence-corrected chi connectivity index (χ2v) is 10.7. The molecule has 0 bridgehead atoms. The molecule has 43 heavy (non-hydrogen) atoms. The van der Waals surface area contributed by atoms with E-state index in [1.54, 1.807) is 18.2 Å². The summed E-state index contributed by atoms with van der Waals surface area (Å²) < 4.78 is 86.5. The van der Waals surface area contributed by atoms with Gasteiger partial charge in [0.2, 0.25) is 5.91 Å². The van der Waals surface area contributed by atoms with E-state index in [0.717, 1.165) is 12.1 Å². The summed E-state index contributed by atoms with van der Waals surface area (Å²) in [5.41, 5.74) is 1.17. The molecule has 0 aliphatic heterocycles. The van der Waals surface area contributed by atoms with Crippen molar-refractivity contribution in [2.75, 3.05) is 0 Å². The van der Waals surface area contributed by atoms with E-state index in [-0.39, 0.29) is 29.7 Å². The standard InChI is InChI=1S/C29H21F6N7O/c30-14-4-13(5-15(31)7-14)6-21(25-18(9-36-11-38-25)16-2-1-3-20-24(16)39-12-37-20)40-22(43)10-42-27-23(26(41-42)28(32)33)17-8-19(17)29(27,34)35/h1-5,7,9,11-12,17,19,21,28H,6,8,10H2,(H,37,39)(H,40,43)/t17?,19?,21-/m0/s1. The molecule has 0 radical (unpaired) electrons. The Kier molecular flexibility index (Phi) is 6.25. The van der Waals surface area contributed by atoms with Gasteiger partial charge < -0.3 is 10.3 Å². The first-order valence-corrected chi connectivity index (χ1v) is 13.4. The first-order chi connectivity index (χ1) is 20.6. The fraction of sp³-hybridized carbons (Fsp3) is 0.276. The SMILES string of the molecule is O=C(Cn1nc(C(F)F)c2c1C(F)(F)C1CC21)N[C@@H](Cc1cc(F)cc(F)c1)c1ncncc1-c1cccc2[nH]cnc12. The lowest BCUT2D eigenvalue weighted by Crippen LogP contribution is -2.35. The normalized spacial score (nSPS) is 19.0. The number of H-pyrrole nitrogens is 1. The molecule has 2 N–H and O–H groups in total. The molecule has 0 spiro atoms. The van der Waals surface area contributed by atoms with Crippen LogP contribution in [-0.2, 0) is 23.7 Å². The Bertz CT molecular complexity index is 1870. The Labute approximate surface area is 239 Å². The highest BCUT2D eigenvalue weighted by Crippen LogP contribution is 2.68. The number of aromatic nitrogens is 6. The van der Waals surface area contributed by atoms with Crippen molar-refractivity contribution in [2.24, 2.45) is 5.92 Å². The topological polar surface area (TPSA) is 101 Å². The average Bonchev–Trinajstić information content (AvgIpc) is 3.34. The number of nitrogens with zero attached hydrogens (tertiary/aromatic N) is 5. The molecular weight excluding hydrogens is 576 g/mol. The highest BCUT2D eigenvalue weighted by atomic mass is 19.3. The van der Waals surface area contributed by atoms with Gasteiger partial charge in [0.15, 0.2) is 0 Å². The number of carbonyl (C=O) groups is 1. The number of amides is 1. The predicted octanol–water partition coefficient (Wildman–Crippen LogP) is 5.74. The van der Waals surface area contributed by atoms with Crippen LogP contribution < -0.4 is 5.32 Å². The summed E-state index contributed by atoms with van der Waals surface area (Å²) in [6.45, 7) is -0.784. The van der Waals surface area contributed by atoms with Gasteiger partial charge in [-0.2, -0.15) is 13.9 Å². The monoisotopic (exact) mass is 597 g/mol. The van der Waals surface area contributed by atoms with Crippen molar-refractivity contribution >= 4 is 16.9 Å². The smallest absolute Gasteiger partial charge is 0.293 e. The highest BCUT2D eigenvalue weighted by molar-refractivity contribution is 5.92. The number of alkyl halides is 4. The summed E-state index contributed by atoms with van der Waals surface area (Å²) in [5.74, 6) is -7.72. The third-order valence-corrected chi connectivity index (χ3v) is 7.97. The quantitative estimate of drug-likeness (QED) is 0.222. The minimum Gasteiger partial charge on any atom is -0.346 e. The van der Waals surface area contributed by atoms with Crippen molar-refractivity contribution in [3.8, 4) is 11.1 Å². The van der Waals surface area contributed by atoms with E-state index in [1.165, 1.54) is 18.9 Å². The van der Waals surface area contributed by atoms with Crippen LogP contribution in [0.3, 0.4) is 0 Å². The number of hydrogen-bond acceptors (Lipinski definition) is 5. The van der Waals surface area contributed by atoms with Crippen molar-refractivity contribution < 1.29 is 31.1 Å². The fourth-order valence-corrected chi connectivity index (χ4v) is 6.14. The molecule has 3 heterocycles. The summed E-state index contributed by atoms with van der Waals surface area (Å²) in [6.07, 6.45) is 1.08. The molecule has 8 nitrogen and oxygen atoms in total. The molecule has 2 aliphatic carbocycles. The lowest BCUT2D eigenvalue weighted by Gasteiger charge is -2.22. The van der Waals surface area contributed by atoms with Crippen LogP contribution in [0.25, 0.3) is 22.2 Å². The van der Waals surface area contributed by atoms with Gasteiger partial charge in [-0.05, 0) is 42.5 Å². The van der Waals surface area contributed by atoms with Gasteiger partial charge in [0.25, 0.3) is 12.3 Å². The molecule has 220 valence electrons.